The van der Waals surface area contributed by atoms with E-state index in [9.17, 15) is 9.59 Å². The van der Waals surface area contributed by atoms with E-state index in [0.717, 1.165) is 29.3 Å². The number of carbonyl (C=O) groups excluding carboxylic acids is 2. The molecule has 2 N–H and O–H groups in total. The number of pyridine rings is 1. The second kappa shape index (κ2) is 6.83. The topological polar surface area (TPSA) is 71.1 Å². The second-order valence-electron chi connectivity index (χ2n) is 7.06. The maximum absolute atomic E-state index is 12.9. The summed E-state index contributed by atoms with van der Waals surface area (Å²) in [5.74, 6) is -0.424. The summed E-state index contributed by atoms with van der Waals surface area (Å²) in [5, 5.41) is 6.77. The fourth-order valence-electron chi connectivity index (χ4n) is 3.09. The first-order valence-corrected chi connectivity index (χ1v) is 9.10. The maximum atomic E-state index is 12.9. The van der Waals surface area contributed by atoms with Crippen molar-refractivity contribution < 1.29 is 9.59 Å². The van der Waals surface area contributed by atoms with E-state index in [-0.39, 0.29) is 17.9 Å². The smallest absolute Gasteiger partial charge is 0.257 e. The number of carbonyl (C=O) groups is 2. The molecule has 0 unspecified atom stereocenters. The molecule has 27 heavy (non-hydrogen) atoms. The van der Waals surface area contributed by atoms with Gasteiger partial charge < -0.3 is 10.6 Å². The summed E-state index contributed by atoms with van der Waals surface area (Å²) in [6.07, 6.45) is 2.03. The van der Waals surface area contributed by atoms with Gasteiger partial charge >= 0.3 is 0 Å². The van der Waals surface area contributed by atoms with Crippen molar-refractivity contribution in [2.75, 3.05) is 5.32 Å². The predicted octanol–water partition coefficient (Wildman–Crippen LogP) is 4.00. The van der Waals surface area contributed by atoms with E-state index in [1.54, 1.807) is 24.3 Å². The number of benzene rings is 2. The van der Waals surface area contributed by atoms with Crippen molar-refractivity contribution in [2.24, 2.45) is 0 Å². The Labute approximate surface area is 157 Å². The minimum absolute atomic E-state index is 0.155. The van der Waals surface area contributed by atoms with E-state index in [2.05, 4.69) is 15.6 Å². The van der Waals surface area contributed by atoms with Crippen molar-refractivity contribution in [3.05, 3.63) is 70.9 Å². The number of para-hydroxylation sites is 1. The van der Waals surface area contributed by atoms with Crippen molar-refractivity contribution >= 4 is 28.4 Å². The van der Waals surface area contributed by atoms with E-state index in [0.29, 0.717) is 22.5 Å². The molecule has 136 valence electrons. The fourth-order valence-corrected chi connectivity index (χ4v) is 3.09. The molecule has 1 aromatic heterocycles. The van der Waals surface area contributed by atoms with Gasteiger partial charge in [-0.15, -0.1) is 0 Å². The molecule has 5 heteroatoms. The van der Waals surface area contributed by atoms with Crippen LogP contribution in [0.5, 0.6) is 0 Å². The Morgan fingerprint density at radius 2 is 1.74 bits per heavy atom. The standard InChI is InChI=1S/C22H21N3O2/c1-13-7-10-19-15(11-13)12-18(14(2)23-19)22(27)25-20-6-4-3-5-17(20)21(26)24-16-8-9-16/h3-7,10-12,16H,8-9H2,1-2H3,(H,24,26)(H,25,27). The van der Waals surface area contributed by atoms with Crippen LogP contribution >= 0.6 is 0 Å². The summed E-state index contributed by atoms with van der Waals surface area (Å²) >= 11 is 0. The molecule has 4 rings (SSSR count). The average Bonchev–Trinajstić information content (AvgIpc) is 3.45. The van der Waals surface area contributed by atoms with Gasteiger partial charge in [-0.3, -0.25) is 14.6 Å². The van der Waals surface area contributed by atoms with E-state index >= 15 is 0 Å². The summed E-state index contributed by atoms with van der Waals surface area (Å²) in [4.78, 5) is 29.9. The molecular weight excluding hydrogens is 338 g/mol. The van der Waals surface area contributed by atoms with Crippen LogP contribution in [-0.4, -0.2) is 22.8 Å². The molecule has 3 aromatic rings. The molecule has 1 aliphatic carbocycles. The number of rotatable bonds is 4. The number of hydrogen-bond acceptors (Lipinski definition) is 3. The zero-order chi connectivity index (χ0) is 19.0. The molecule has 0 saturated heterocycles. The minimum atomic E-state index is -0.268. The lowest BCUT2D eigenvalue weighted by Gasteiger charge is -2.12. The summed E-state index contributed by atoms with van der Waals surface area (Å²) in [6.45, 7) is 3.83. The Morgan fingerprint density at radius 1 is 0.963 bits per heavy atom. The van der Waals surface area contributed by atoms with E-state index in [1.807, 2.05) is 38.1 Å². The molecule has 0 bridgehead atoms. The molecule has 2 amide bonds. The third-order valence-corrected chi connectivity index (χ3v) is 4.74. The largest absolute Gasteiger partial charge is 0.349 e. The first kappa shape index (κ1) is 17.2. The number of anilines is 1. The molecule has 1 aliphatic rings. The molecule has 5 nitrogen and oxygen atoms in total. The molecule has 0 spiro atoms. The van der Waals surface area contributed by atoms with Gasteiger partial charge in [0.05, 0.1) is 28.0 Å². The van der Waals surface area contributed by atoms with Crippen molar-refractivity contribution in [3.8, 4) is 0 Å². The Kier molecular flexibility index (Phi) is 4.36. The van der Waals surface area contributed by atoms with Gasteiger partial charge in [0, 0.05) is 11.4 Å². The fraction of sp³-hybridized carbons (Fsp3) is 0.227. The highest BCUT2D eigenvalue weighted by Crippen LogP contribution is 2.23. The highest BCUT2D eigenvalue weighted by molar-refractivity contribution is 6.10. The molecule has 0 aliphatic heterocycles. The first-order valence-electron chi connectivity index (χ1n) is 9.10. The summed E-state index contributed by atoms with van der Waals surface area (Å²) in [5.41, 5.74) is 4.11. The van der Waals surface area contributed by atoms with Crippen molar-refractivity contribution in [2.45, 2.75) is 32.7 Å². The van der Waals surface area contributed by atoms with Gasteiger partial charge in [-0.25, -0.2) is 0 Å². The maximum Gasteiger partial charge on any atom is 0.257 e. The molecular formula is C22H21N3O2. The molecule has 0 radical (unpaired) electrons. The first-order chi connectivity index (χ1) is 13.0. The summed E-state index contributed by atoms with van der Waals surface area (Å²) < 4.78 is 0. The van der Waals surface area contributed by atoms with E-state index < -0.39 is 0 Å². The normalized spacial score (nSPS) is 13.4. The van der Waals surface area contributed by atoms with Crippen LogP contribution in [0.3, 0.4) is 0 Å². The van der Waals surface area contributed by atoms with Gasteiger partial charge in [-0.2, -0.15) is 0 Å². The lowest BCUT2D eigenvalue weighted by atomic mass is 10.1. The number of nitrogens with zero attached hydrogens (tertiary/aromatic N) is 1. The third-order valence-electron chi connectivity index (χ3n) is 4.74. The zero-order valence-corrected chi connectivity index (χ0v) is 15.4. The number of amides is 2. The third kappa shape index (κ3) is 3.67. The Balaban J connectivity index is 1.63. The Morgan fingerprint density at radius 3 is 2.52 bits per heavy atom. The molecule has 0 atom stereocenters. The SMILES string of the molecule is Cc1ccc2nc(C)c(C(=O)Nc3ccccc3C(=O)NC3CC3)cc2c1. The predicted molar refractivity (Wildman–Crippen MR) is 106 cm³/mol. The number of aryl methyl sites for hydroxylation is 2. The van der Waals surface area contributed by atoms with Gasteiger partial charge in [-0.1, -0.05) is 23.8 Å². The van der Waals surface area contributed by atoms with Crippen molar-refractivity contribution in [1.29, 1.82) is 0 Å². The number of hydrogen-bond donors (Lipinski definition) is 2. The van der Waals surface area contributed by atoms with Crippen LogP contribution in [0.1, 0.15) is 44.8 Å². The Hall–Kier alpha value is -3.21. The van der Waals surface area contributed by atoms with Gasteiger partial charge in [0.25, 0.3) is 11.8 Å². The zero-order valence-electron chi connectivity index (χ0n) is 15.4. The molecule has 1 fully saturated rings. The lowest BCUT2D eigenvalue weighted by Crippen LogP contribution is -2.27. The molecule has 1 heterocycles. The Bertz CT molecular complexity index is 1050. The van der Waals surface area contributed by atoms with Gasteiger partial charge in [0.15, 0.2) is 0 Å². The average molecular weight is 359 g/mol. The highest BCUT2D eigenvalue weighted by atomic mass is 16.2. The van der Waals surface area contributed by atoms with Crippen LogP contribution in [0.4, 0.5) is 5.69 Å². The van der Waals surface area contributed by atoms with Crippen LogP contribution in [0.25, 0.3) is 10.9 Å². The van der Waals surface area contributed by atoms with Crippen molar-refractivity contribution in [3.63, 3.8) is 0 Å². The lowest BCUT2D eigenvalue weighted by molar-refractivity contribution is 0.0952. The number of nitrogens with one attached hydrogen (secondary N) is 2. The van der Waals surface area contributed by atoms with Crippen molar-refractivity contribution in [1.82, 2.24) is 10.3 Å². The van der Waals surface area contributed by atoms with Gasteiger partial charge in [-0.05, 0) is 57.0 Å². The van der Waals surface area contributed by atoms with Crippen LogP contribution in [-0.2, 0) is 0 Å². The number of fused-ring (bicyclic) bond motifs is 1. The minimum Gasteiger partial charge on any atom is -0.349 e. The van der Waals surface area contributed by atoms with Crippen LogP contribution < -0.4 is 10.6 Å². The highest BCUT2D eigenvalue weighted by Gasteiger charge is 2.25. The quantitative estimate of drug-likeness (QED) is 0.740. The van der Waals surface area contributed by atoms with E-state index in [1.165, 1.54) is 0 Å². The monoisotopic (exact) mass is 359 g/mol. The van der Waals surface area contributed by atoms with Gasteiger partial charge in [0.2, 0.25) is 0 Å². The number of aromatic nitrogens is 1. The van der Waals surface area contributed by atoms with E-state index in [4.69, 9.17) is 0 Å². The second-order valence-corrected chi connectivity index (χ2v) is 7.06. The summed E-state index contributed by atoms with van der Waals surface area (Å²) in [6, 6.07) is 15.1. The van der Waals surface area contributed by atoms with Crippen LogP contribution in [0, 0.1) is 13.8 Å². The molecule has 2 aromatic carbocycles. The molecule has 1 saturated carbocycles. The van der Waals surface area contributed by atoms with Crippen LogP contribution in [0.15, 0.2) is 48.5 Å². The van der Waals surface area contributed by atoms with Gasteiger partial charge in [0.1, 0.15) is 0 Å². The summed E-state index contributed by atoms with van der Waals surface area (Å²) in [7, 11) is 0. The van der Waals surface area contributed by atoms with Crippen LogP contribution in [0.2, 0.25) is 0 Å².